The molecule has 0 saturated heterocycles. The van der Waals surface area contributed by atoms with Crippen LogP contribution in [0.5, 0.6) is 0 Å². The molecule has 26 heavy (non-hydrogen) atoms. The summed E-state index contributed by atoms with van der Waals surface area (Å²) < 4.78 is 1.69. The lowest BCUT2D eigenvalue weighted by Crippen LogP contribution is -2.32. The molecule has 0 unspecified atom stereocenters. The van der Waals surface area contributed by atoms with Gasteiger partial charge < -0.3 is 10.6 Å². The zero-order valence-electron chi connectivity index (χ0n) is 14.1. The Kier molecular flexibility index (Phi) is 5.65. The Morgan fingerprint density at radius 2 is 2.04 bits per heavy atom. The van der Waals surface area contributed by atoms with Crippen LogP contribution in [0.15, 0.2) is 48.9 Å². The van der Waals surface area contributed by atoms with E-state index in [1.807, 2.05) is 25.1 Å². The number of rotatable bonds is 6. The SMILES string of the molecule is Cc1cc(NC(=O)NCCNc2cnccn2)nn1-c1ccccc1Cl. The molecular weight excluding hydrogens is 354 g/mol. The van der Waals surface area contributed by atoms with E-state index < -0.39 is 0 Å². The Labute approximate surface area is 155 Å². The summed E-state index contributed by atoms with van der Waals surface area (Å²) in [6.45, 7) is 2.84. The fourth-order valence-electron chi connectivity index (χ4n) is 2.32. The number of carbonyl (C=O) groups excluding carboxylic acids is 1. The van der Waals surface area contributed by atoms with E-state index in [9.17, 15) is 4.79 Å². The number of aromatic nitrogens is 4. The Bertz CT molecular complexity index is 882. The molecule has 2 heterocycles. The second-order valence-electron chi connectivity index (χ2n) is 5.43. The molecule has 9 heteroatoms. The Morgan fingerprint density at radius 3 is 2.81 bits per heavy atom. The minimum absolute atomic E-state index is 0.338. The number of anilines is 2. The molecule has 3 rings (SSSR count). The standard InChI is InChI=1S/C17H18ClN7O/c1-12-10-15(24-25(12)14-5-3-2-4-13(14)18)23-17(26)22-9-8-21-16-11-19-6-7-20-16/h2-7,10-11H,8-9H2,1H3,(H,20,21)(H2,22,23,24,26). The second kappa shape index (κ2) is 8.30. The van der Waals surface area contributed by atoms with Crippen LogP contribution in [0.2, 0.25) is 5.02 Å². The van der Waals surface area contributed by atoms with E-state index in [0.29, 0.717) is 29.7 Å². The molecule has 0 bridgehead atoms. The fraction of sp³-hybridized carbons (Fsp3) is 0.176. The van der Waals surface area contributed by atoms with Crippen molar-refractivity contribution in [1.29, 1.82) is 0 Å². The number of amides is 2. The van der Waals surface area contributed by atoms with Gasteiger partial charge in [-0.2, -0.15) is 0 Å². The Balaban J connectivity index is 1.52. The minimum atomic E-state index is -0.338. The van der Waals surface area contributed by atoms with Crippen molar-refractivity contribution in [3.63, 3.8) is 0 Å². The fourth-order valence-corrected chi connectivity index (χ4v) is 2.54. The lowest BCUT2D eigenvalue weighted by molar-refractivity contribution is 0.252. The summed E-state index contributed by atoms with van der Waals surface area (Å²) in [6, 6.07) is 8.83. The Hall–Kier alpha value is -3.13. The van der Waals surface area contributed by atoms with Gasteiger partial charge in [-0.3, -0.25) is 10.3 Å². The number of aryl methyl sites for hydroxylation is 1. The molecule has 1 aromatic carbocycles. The number of para-hydroxylation sites is 1. The summed E-state index contributed by atoms with van der Waals surface area (Å²) >= 11 is 6.20. The summed E-state index contributed by atoms with van der Waals surface area (Å²) in [5, 5.41) is 13.5. The first-order valence-corrected chi connectivity index (χ1v) is 8.37. The maximum Gasteiger partial charge on any atom is 0.320 e. The highest BCUT2D eigenvalue weighted by molar-refractivity contribution is 6.32. The highest BCUT2D eigenvalue weighted by Gasteiger charge is 2.10. The van der Waals surface area contributed by atoms with Crippen molar-refractivity contribution >= 4 is 29.3 Å². The lowest BCUT2D eigenvalue weighted by atomic mass is 10.3. The van der Waals surface area contributed by atoms with Crippen LogP contribution < -0.4 is 16.0 Å². The van der Waals surface area contributed by atoms with E-state index >= 15 is 0 Å². The van der Waals surface area contributed by atoms with Crippen LogP contribution in [-0.2, 0) is 0 Å². The van der Waals surface area contributed by atoms with E-state index in [4.69, 9.17) is 11.6 Å². The second-order valence-corrected chi connectivity index (χ2v) is 5.84. The van der Waals surface area contributed by atoms with Crippen LogP contribution in [-0.4, -0.2) is 38.9 Å². The molecule has 0 aliphatic heterocycles. The van der Waals surface area contributed by atoms with Crippen LogP contribution in [0.1, 0.15) is 5.69 Å². The van der Waals surface area contributed by atoms with Gasteiger partial charge in [0.25, 0.3) is 0 Å². The van der Waals surface area contributed by atoms with Crippen LogP contribution in [0, 0.1) is 6.92 Å². The third kappa shape index (κ3) is 4.48. The predicted octanol–water partition coefficient (Wildman–Crippen LogP) is 2.86. The smallest absolute Gasteiger partial charge is 0.320 e. The van der Waals surface area contributed by atoms with Gasteiger partial charge in [0.15, 0.2) is 5.82 Å². The van der Waals surface area contributed by atoms with E-state index in [2.05, 4.69) is 31.0 Å². The highest BCUT2D eigenvalue weighted by Crippen LogP contribution is 2.22. The molecule has 0 radical (unpaired) electrons. The summed E-state index contributed by atoms with van der Waals surface area (Å²) in [6.07, 6.45) is 4.81. The molecule has 0 spiro atoms. The molecule has 2 aromatic heterocycles. The van der Waals surface area contributed by atoms with E-state index in [0.717, 1.165) is 11.4 Å². The topological polar surface area (TPSA) is 96.8 Å². The van der Waals surface area contributed by atoms with Gasteiger partial charge in [0.1, 0.15) is 5.82 Å². The number of hydrogen-bond acceptors (Lipinski definition) is 5. The van der Waals surface area contributed by atoms with Gasteiger partial charge in [-0.05, 0) is 19.1 Å². The zero-order valence-corrected chi connectivity index (χ0v) is 14.9. The Morgan fingerprint density at radius 1 is 1.19 bits per heavy atom. The van der Waals surface area contributed by atoms with Gasteiger partial charge in [0.2, 0.25) is 0 Å². The predicted molar refractivity (Wildman–Crippen MR) is 101 cm³/mol. The average molecular weight is 372 g/mol. The quantitative estimate of drug-likeness (QED) is 0.579. The summed E-state index contributed by atoms with van der Waals surface area (Å²) in [4.78, 5) is 20.0. The number of nitrogens with one attached hydrogen (secondary N) is 3. The van der Waals surface area contributed by atoms with E-state index in [-0.39, 0.29) is 6.03 Å². The van der Waals surface area contributed by atoms with Crippen molar-refractivity contribution < 1.29 is 4.79 Å². The first-order valence-electron chi connectivity index (χ1n) is 8.00. The van der Waals surface area contributed by atoms with E-state index in [1.54, 1.807) is 35.4 Å². The third-order valence-electron chi connectivity index (χ3n) is 3.49. The number of nitrogens with zero attached hydrogens (tertiary/aromatic N) is 4. The molecule has 0 atom stereocenters. The maximum absolute atomic E-state index is 12.0. The molecule has 8 nitrogen and oxygen atoms in total. The van der Waals surface area contributed by atoms with Gasteiger partial charge in [-0.15, -0.1) is 5.10 Å². The molecule has 134 valence electrons. The average Bonchev–Trinajstić information content (AvgIpc) is 3.00. The van der Waals surface area contributed by atoms with Crippen LogP contribution in [0.25, 0.3) is 5.69 Å². The van der Waals surface area contributed by atoms with Gasteiger partial charge >= 0.3 is 6.03 Å². The molecule has 2 amide bonds. The van der Waals surface area contributed by atoms with Gasteiger partial charge in [0.05, 0.1) is 16.9 Å². The number of carbonyl (C=O) groups is 1. The maximum atomic E-state index is 12.0. The first-order chi connectivity index (χ1) is 12.6. The number of benzene rings is 1. The summed E-state index contributed by atoms with van der Waals surface area (Å²) in [5.74, 6) is 1.10. The molecular formula is C17H18ClN7O. The third-order valence-corrected chi connectivity index (χ3v) is 3.81. The minimum Gasteiger partial charge on any atom is -0.367 e. The normalized spacial score (nSPS) is 10.4. The summed E-state index contributed by atoms with van der Waals surface area (Å²) in [7, 11) is 0. The molecule has 0 saturated carbocycles. The largest absolute Gasteiger partial charge is 0.367 e. The van der Waals surface area contributed by atoms with Gasteiger partial charge in [-0.25, -0.2) is 14.5 Å². The molecule has 3 aromatic rings. The van der Waals surface area contributed by atoms with Crippen LogP contribution in [0.4, 0.5) is 16.4 Å². The van der Waals surface area contributed by atoms with Crippen molar-refractivity contribution in [3.05, 3.63) is 59.6 Å². The van der Waals surface area contributed by atoms with Crippen LogP contribution in [0.3, 0.4) is 0 Å². The van der Waals surface area contributed by atoms with Crippen molar-refractivity contribution in [1.82, 2.24) is 25.1 Å². The van der Waals surface area contributed by atoms with Gasteiger partial charge in [-0.1, -0.05) is 23.7 Å². The molecule has 0 aliphatic carbocycles. The summed E-state index contributed by atoms with van der Waals surface area (Å²) in [5.41, 5.74) is 1.62. The van der Waals surface area contributed by atoms with Crippen molar-refractivity contribution in [3.8, 4) is 5.69 Å². The number of urea groups is 1. The molecule has 0 aliphatic rings. The highest BCUT2D eigenvalue weighted by atomic mass is 35.5. The van der Waals surface area contributed by atoms with Gasteiger partial charge in [0, 0.05) is 37.2 Å². The lowest BCUT2D eigenvalue weighted by Gasteiger charge is -2.07. The zero-order chi connectivity index (χ0) is 18.4. The van der Waals surface area contributed by atoms with Crippen molar-refractivity contribution in [2.45, 2.75) is 6.92 Å². The molecule has 3 N–H and O–H groups in total. The molecule has 0 fully saturated rings. The van der Waals surface area contributed by atoms with Crippen LogP contribution >= 0.6 is 11.6 Å². The number of hydrogen-bond donors (Lipinski definition) is 3. The monoisotopic (exact) mass is 371 g/mol. The van der Waals surface area contributed by atoms with Crippen molar-refractivity contribution in [2.75, 3.05) is 23.7 Å². The van der Waals surface area contributed by atoms with E-state index in [1.165, 1.54) is 0 Å². The van der Waals surface area contributed by atoms with Crippen molar-refractivity contribution in [2.24, 2.45) is 0 Å². The first kappa shape index (κ1) is 17.7. The number of halogens is 1.